The third-order valence-electron chi connectivity index (χ3n) is 10.5. The van der Waals surface area contributed by atoms with Gasteiger partial charge >= 0.3 is 6.09 Å². The lowest BCUT2D eigenvalue weighted by Crippen LogP contribution is -2.49. The highest BCUT2D eigenvalue weighted by atomic mass is 16.6. The number of carbonyl (C=O) groups excluding carboxylic acids is 2. The van der Waals surface area contributed by atoms with Crippen LogP contribution in [0, 0.1) is 5.92 Å². The molecule has 0 radical (unpaired) electrons. The van der Waals surface area contributed by atoms with E-state index in [-0.39, 0.29) is 17.9 Å². The predicted octanol–water partition coefficient (Wildman–Crippen LogP) is 4.55. The quantitative estimate of drug-likeness (QED) is 0.330. The number of nitrogens with zero attached hydrogens (tertiary/aromatic N) is 9. The number of fused-ring (bicyclic) bond motifs is 1. The van der Waals surface area contributed by atoms with E-state index in [0.29, 0.717) is 31.4 Å². The van der Waals surface area contributed by atoms with Gasteiger partial charge in [-0.1, -0.05) is 12.1 Å². The molecule has 0 spiro atoms. The number of amides is 2. The standard InChI is InChI=1S/C38H51N9O4/c1-38(2,3)51-37(49)46-12-9-28(10-13-46)22-43-14-16-45(17-15-43)32-19-35(42-41-21-32)50-33-8-4-6-29(18-33)30-7-5-11-47(24-30)36(48)26-44-23-31-20-39-27-40-34(31)25-44/h4,6,8,18-21,27-28,30H,5,7,9-17,22-26H2,1-3H3/t30-/m1/s1. The number of piperazine rings is 1. The number of hydrogen-bond acceptors (Lipinski definition) is 11. The lowest BCUT2D eigenvalue weighted by molar-refractivity contribution is -0.133. The molecule has 2 aromatic heterocycles. The fourth-order valence-corrected chi connectivity index (χ4v) is 7.74. The van der Waals surface area contributed by atoms with Gasteiger partial charge in [-0.05, 0) is 70.1 Å². The van der Waals surface area contributed by atoms with Gasteiger partial charge in [-0.15, -0.1) is 5.10 Å². The fourth-order valence-electron chi connectivity index (χ4n) is 7.74. The maximum absolute atomic E-state index is 13.3. The van der Waals surface area contributed by atoms with E-state index < -0.39 is 5.60 Å². The van der Waals surface area contributed by atoms with Crippen LogP contribution in [0.4, 0.5) is 10.5 Å². The fraction of sp³-hybridized carbons (Fsp3) is 0.579. The molecule has 2 amide bonds. The Bertz CT molecular complexity index is 1640. The van der Waals surface area contributed by atoms with Gasteiger partial charge in [0.15, 0.2) is 0 Å². The highest BCUT2D eigenvalue weighted by molar-refractivity contribution is 5.78. The maximum atomic E-state index is 13.3. The van der Waals surface area contributed by atoms with Crippen molar-refractivity contribution >= 4 is 17.7 Å². The van der Waals surface area contributed by atoms with Crippen molar-refractivity contribution in [3.63, 3.8) is 0 Å². The van der Waals surface area contributed by atoms with Crippen molar-refractivity contribution in [3.8, 4) is 11.6 Å². The Kier molecular flexibility index (Phi) is 10.6. The van der Waals surface area contributed by atoms with E-state index in [1.165, 1.54) is 5.56 Å². The lowest BCUT2D eigenvalue weighted by atomic mass is 9.90. The number of rotatable bonds is 8. The second-order valence-electron chi connectivity index (χ2n) is 15.4. The van der Waals surface area contributed by atoms with Crippen LogP contribution in [0.3, 0.4) is 0 Å². The van der Waals surface area contributed by atoms with Crippen LogP contribution in [0.1, 0.15) is 69.2 Å². The Labute approximate surface area is 300 Å². The smallest absolute Gasteiger partial charge is 0.410 e. The van der Waals surface area contributed by atoms with Crippen molar-refractivity contribution in [2.45, 2.75) is 71.1 Å². The minimum atomic E-state index is -0.462. The molecule has 13 heteroatoms. The summed E-state index contributed by atoms with van der Waals surface area (Å²) in [5, 5.41) is 8.57. The van der Waals surface area contributed by atoms with Gasteiger partial charge in [0, 0.05) is 95.7 Å². The van der Waals surface area contributed by atoms with Crippen LogP contribution < -0.4 is 9.64 Å². The minimum Gasteiger partial charge on any atom is -0.444 e. The average molecular weight is 698 g/mol. The molecular weight excluding hydrogens is 646 g/mol. The van der Waals surface area contributed by atoms with Crippen molar-refractivity contribution in [3.05, 3.63) is 65.9 Å². The first-order valence-corrected chi connectivity index (χ1v) is 18.5. The van der Waals surface area contributed by atoms with Gasteiger partial charge in [0.25, 0.3) is 0 Å². The molecule has 0 aliphatic carbocycles. The molecule has 51 heavy (non-hydrogen) atoms. The summed E-state index contributed by atoms with van der Waals surface area (Å²) in [7, 11) is 0. The molecule has 0 unspecified atom stereocenters. The highest BCUT2D eigenvalue weighted by Gasteiger charge is 2.30. The van der Waals surface area contributed by atoms with Crippen molar-refractivity contribution in [2.24, 2.45) is 5.92 Å². The van der Waals surface area contributed by atoms with Crippen LogP contribution in [0.2, 0.25) is 0 Å². The topological polar surface area (TPSA) is 120 Å². The Morgan fingerprint density at radius 3 is 2.51 bits per heavy atom. The van der Waals surface area contributed by atoms with Crippen LogP contribution in [0.25, 0.3) is 0 Å². The van der Waals surface area contributed by atoms with E-state index >= 15 is 0 Å². The number of ether oxygens (including phenoxy) is 2. The summed E-state index contributed by atoms with van der Waals surface area (Å²) in [4.78, 5) is 45.2. The minimum absolute atomic E-state index is 0.168. The van der Waals surface area contributed by atoms with E-state index in [0.717, 1.165) is 107 Å². The second kappa shape index (κ2) is 15.5. The van der Waals surface area contributed by atoms with Crippen molar-refractivity contribution in [2.75, 3.05) is 70.3 Å². The lowest BCUT2D eigenvalue weighted by Gasteiger charge is -2.39. The van der Waals surface area contributed by atoms with Crippen molar-refractivity contribution in [1.29, 1.82) is 0 Å². The van der Waals surface area contributed by atoms with Gasteiger partial charge < -0.3 is 24.2 Å². The number of benzene rings is 1. The van der Waals surface area contributed by atoms with Gasteiger partial charge in [-0.3, -0.25) is 14.6 Å². The van der Waals surface area contributed by atoms with Gasteiger partial charge in [-0.2, -0.15) is 5.10 Å². The molecular formula is C38H51N9O4. The van der Waals surface area contributed by atoms with Gasteiger partial charge in [0.1, 0.15) is 17.7 Å². The summed E-state index contributed by atoms with van der Waals surface area (Å²) in [6, 6.07) is 10.2. The molecule has 1 aromatic carbocycles. The molecule has 0 bridgehead atoms. The molecule has 4 aliphatic heterocycles. The first-order valence-electron chi connectivity index (χ1n) is 18.5. The van der Waals surface area contributed by atoms with E-state index in [9.17, 15) is 9.59 Å². The normalized spacial score (nSPS) is 20.7. The van der Waals surface area contributed by atoms with Crippen LogP contribution in [-0.4, -0.2) is 123 Å². The molecule has 3 fully saturated rings. The number of carbonyl (C=O) groups is 2. The Balaban J connectivity index is 0.875. The van der Waals surface area contributed by atoms with E-state index in [4.69, 9.17) is 9.47 Å². The SMILES string of the molecule is CC(C)(C)OC(=O)N1CCC(CN2CCN(c3cnnc(Oc4cccc([C@@H]5CCCN(C(=O)CN6Cc7cncnc7C6)C5)c4)c3)CC2)CC1. The van der Waals surface area contributed by atoms with Gasteiger partial charge in [-0.25, -0.2) is 14.8 Å². The Morgan fingerprint density at radius 1 is 0.902 bits per heavy atom. The van der Waals surface area contributed by atoms with Crippen molar-refractivity contribution in [1.82, 2.24) is 39.8 Å². The predicted molar refractivity (Wildman–Crippen MR) is 192 cm³/mol. The second-order valence-corrected chi connectivity index (χ2v) is 15.4. The third-order valence-corrected chi connectivity index (χ3v) is 10.5. The zero-order valence-corrected chi connectivity index (χ0v) is 30.2. The van der Waals surface area contributed by atoms with Crippen LogP contribution in [0.15, 0.2) is 49.1 Å². The molecule has 0 N–H and O–H groups in total. The summed E-state index contributed by atoms with van der Waals surface area (Å²) < 4.78 is 11.8. The molecule has 0 saturated carbocycles. The monoisotopic (exact) mass is 697 g/mol. The van der Waals surface area contributed by atoms with Crippen LogP contribution in [-0.2, 0) is 22.6 Å². The zero-order valence-electron chi connectivity index (χ0n) is 30.2. The molecule has 1 atom stereocenters. The van der Waals surface area contributed by atoms with Crippen LogP contribution in [0.5, 0.6) is 11.6 Å². The van der Waals surface area contributed by atoms with Crippen LogP contribution >= 0.6 is 0 Å². The largest absolute Gasteiger partial charge is 0.444 e. The maximum Gasteiger partial charge on any atom is 0.410 e. The van der Waals surface area contributed by atoms with E-state index in [2.05, 4.69) is 47.0 Å². The van der Waals surface area contributed by atoms with Crippen molar-refractivity contribution < 1.29 is 19.1 Å². The zero-order chi connectivity index (χ0) is 35.4. The first kappa shape index (κ1) is 35.1. The number of likely N-dealkylation sites (tertiary alicyclic amines) is 2. The number of aromatic nitrogens is 4. The van der Waals surface area contributed by atoms with Gasteiger partial charge in [0.2, 0.25) is 11.8 Å². The number of hydrogen-bond donors (Lipinski definition) is 0. The summed E-state index contributed by atoms with van der Waals surface area (Å²) in [6.07, 6.45) is 9.07. The molecule has 272 valence electrons. The molecule has 13 nitrogen and oxygen atoms in total. The molecule has 7 rings (SSSR count). The molecule has 4 aliphatic rings. The van der Waals surface area contributed by atoms with Gasteiger partial charge in [0.05, 0.1) is 24.1 Å². The molecule has 3 aromatic rings. The third kappa shape index (κ3) is 9.12. The Morgan fingerprint density at radius 2 is 1.73 bits per heavy atom. The average Bonchev–Trinajstić information content (AvgIpc) is 3.54. The first-order chi connectivity index (χ1) is 24.6. The highest BCUT2D eigenvalue weighted by Crippen LogP contribution is 2.32. The van der Waals surface area contributed by atoms with E-state index in [1.54, 1.807) is 6.33 Å². The summed E-state index contributed by atoms with van der Waals surface area (Å²) in [5.74, 6) is 2.21. The number of anilines is 1. The summed E-state index contributed by atoms with van der Waals surface area (Å²) >= 11 is 0. The Hall–Kier alpha value is -4.36. The van der Waals surface area contributed by atoms with E-state index in [1.807, 2.05) is 61.2 Å². The number of piperidine rings is 2. The summed E-state index contributed by atoms with van der Waals surface area (Å²) in [5.41, 5.74) is 3.85. The molecule has 6 heterocycles. The molecule has 3 saturated heterocycles. The summed E-state index contributed by atoms with van der Waals surface area (Å²) in [6.45, 7) is 15.4.